The number of amides is 1. The first-order valence-electron chi connectivity index (χ1n) is 9.55. The first kappa shape index (κ1) is 22.0. The van der Waals surface area contributed by atoms with E-state index in [1.54, 1.807) is 56.7 Å². The van der Waals surface area contributed by atoms with Crippen LogP contribution in [0.25, 0.3) is 6.08 Å². The van der Waals surface area contributed by atoms with E-state index < -0.39 is 0 Å². The van der Waals surface area contributed by atoms with Gasteiger partial charge in [0.05, 0.1) is 26.4 Å². The van der Waals surface area contributed by atoms with Gasteiger partial charge < -0.3 is 19.5 Å². The van der Waals surface area contributed by atoms with Gasteiger partial charge in [0.1, 0.15) is 0 Å². The molecule has 0 spiro atoms. The van der Waals surface area contributed by atoms with Crippen molar-refractivity contribution in [1.82, 2.24) is 0 Å². The molecule has 0 aliphatic heterocycles. The number of benzene rings is 2. The van der Waals surface area contributed by atoms with Gasteiger partial charge in [0.2, 0.25) is 5.91 Å². The van der Waals surface area contributed by atoms with Crippen LogP contribution in [-0.4, -0.2) is 32.7 Å². The SMILES string of the molecule is CCCCCOC(=O)c1ccc(NC(=O)/C=C/c2ccc(OC)c(OC)c2)cc1. The number of methoxy groups -OCH3 is 2. The molecule has 2 aromatic carbocycles. The molecule has 0 fully saturated rings. The number of unbranched alkanes of at least 4 members (excludes halogenated alkanes) is 2. The van der Waals surface area contributed by atoms with Gasteiger partial charge in [0.15, 0.2) is 11.5 Å². The predicted molar refractivity (Wildman–Crippen MR) is 113 cm³/mol. The van der Waals surface area contributed by atoms with Crippen molar-refractivity contribution < 1.29 is 23.8 Å². The second-order valence-electron chi connectivity index (χ2n) is 6.36. The van der Waals surface area contributed by atoms with Crippen LogP contribution in [0.5, 0.6) is 11.5 Å². The zero-order valence-corrected chi connectivity index (χ0v) is 17.1. The largest absolute Gasteiger partial charge is 0.493 e. The van der Waals surface area contributed by atoms with Gasteiger partial charge in [-0.15, -0.1) is 0 Å². The lowest BCUT2D eigenvalue weighted by molar-refractivity contribution is -0.111. The Hall–Kier alpha value is -3.28. The molecule has 6 nitrogen and oxygen atoms in total. The van der Waals surface area contributed by atoms with Gasteiger partial charge in [0.25, 0.3) is 0 Å². The Morgan fingerprint density at radius 2 is 1.69 bits per heavy atom. The van der Waals surface area contributed by atoms with Gasteiger partial charge >= 0.3 is 5.97 Å². The van der Waals surface area contributed by atoms with Crippen molar-refractivity contribution in [2.75, 3.05) is 26.1 Å². The maximum absolute atomic E-state index is 12.1. The van der Waals surface area contributed by atoms with Crippen molar-refractivity contribution >= 4 is 23.6 Å². The maximum atomic E-state index is 12.1. The smallest absolute Gasteiger partial charge is 0.338 e. The van der Waals surface area contributed by atoms with Gasteiger partial charge in [0, 0.05) is 11.8 Å². The molecule has 0 unspecified atom stereocenters. The molecule has 0 saturated heterocycles. The molecule has 0 aliphatic rings. The molecule has 0 heterocycles. The van der Waals surface area contributed by atoms with E-state index >= 15 is 0 Å². The molecular formula is C23H27NO5. The van der Waals surface area contributed by atoms with E-state index in [0.29, 0.717) is 29.4 Å². The molecule has 0 aromatic heterocycles. The summed E-state index contributed by atoms with van der Waals surface area (Å²) < 4.78 is 15.7. The van der Waals surface area contributed by atoms with Crippen LogP contribution in [0, 0.1) is 0 Å². The first-order chi connectivity index (χ1) is 14.1. The molecule has 1 amide bonds. The molecule has 0 saturated carbocycles. The highest BCUT2D eigenvalue weighted by Crippen LogP contribution is 2.28. The summed E-state index contributed by atoms with van der Waals surface area (Å²) in [6, 6.07) is 12.0. The van der Waals surface area contributed by atoms with Crippen molar-refractivity contribution in [2.24, 2.45) is 0 Å². The van der Waals surface area contributed by atoms with Crippen molar-refractivity contribution in [2.45, 2.75) is 26.2 Å². The number of anilines is 1. The van der Waals surface area contributed by atoms with Gasteiger partial charge in [-0.1, -0.05) is 25.8 Å². The molecule has 1 N–H and O–H groups in total. The average molecular weight is 397 g/mol. The summed E-state index contributed by atoms with van der Waals surface area (Å²) in [6.45, 7) is 2.52. The number of carbonyl (C=O) groups is 2. The van der Waals surface area contributed by atoms with Crippen LogP contribution in [0.3, 0.4) is 0 Å². The normalized spacial score (nSPS) is 10.6. The average Bonchev–Trinajstić information content (AvgIpc) is 2.75. The van der Waals surface area contributed by atoms with Gasteiger partial charge in [-0.3, -0.25) is 4.79 Å². The monoisotopic (exact) mass is 397 g/mol. The fourth-order valence-electron chi connectivity index (χ4n) is 2.60. The fourth-order valence-corrected chi connectivity index (χ4v) is 2.60. The van der Waals surface area contributed by atoms with E-state index in [9.17, 15) is 9.59 Å². The van der Waals surface area contributed by atoms with E-state index in [-0.39, 0.29) is 11.9 Å². The molecule has 154 valence electrons. The van der Waals surface area contributed by atoms with Gasteiger partial charge in [-0.05, 0) is 54.5 Å². The highest BCUT2D eigenvalue weighted by Gasteiger charge is 2.07. The Labute approximate surface area is 171 Å². The Balaban J connectivity index is 1.90. The zero-order chi connectivity index (χ0) is 21.1. The zero-order valence-electron chi connectivity index (χ0n) is 17.1. The molecular weight excluding hydrogens is 370 g/mol. The number of hydrogen-bond donors (Lipinski definition) is 1. The van der Waals surface area contributed by atoms with E-state index in [2.05, 4.69) is 12.2 Å². The first-order valence-corrected chi connectivity index (χ1v) is 9.55. The molecule has 29 heavy (non-hydrogen) atoms. The van der Waals surface area contributed by atoms with Crippen LogP contribution in [0.1, 0.15) is 42.1 Å². The summed E-state index contributed by atoms with van der Waals surface area (Å²) in [5.74, 6) is 0.576. The van der Waals surface area contributed by atoms with Crippen LogP contribution < -0.4 is 14.8 Å². The summed E-state index contributed by atoms with van der Waals surface area (Å²) in [6.07, 6.45) is 6.08. The summed E-state index contributed by atoms with van der Waals surface area (Å²) in [4.78, 5) is 24.1. The number of rotatable bonds is 10. The highest BCUT2D eigenvalue weighted by atomic mass is 16.5. The molecule has 0 atom stereocenters. The Morgan fingerprint density at radius 1 is 0.966 bits per heavy atom. The number of ether oxygens (including phenoxy) is 3. The molecule has 0 radical (unpaired) electrons. The van der Waals surface area contributed by atoms with E-state index in [1.165, 1.54) is 6.08 Å². The predicted octanol–water partition coefficient (Wildman–Crippen LogP) is 4.70. The van der Waals surface area contributed by atoms with Gasteiger partial charge in [-0.2, -0.15) is 0 Å². The lowest BCUT2D eigenvalue weighted by Crippen LogP contribution is -2.09. The van der Waals surface area contributed by atoms with E-state index in [0.717, 1.165) is 24.8 Å². The second-order valence-corrected chi connectivity index (χ2v) is 6.36. The standard InChI is InChI=1S/C23H27NO5/c1-4-5-6-15-29-23(26)18-9-11-19(12-10-18)24-22(25)14-8-17-7-13-20(27-2)21(16-17)28-3/h7-14,16H,4-6,15H2,1-3H3,(H,24,25)/b14-8+. The third-order valence-electron chi connectivity index (χ3n) is 4.20. The van der Waals surface area contributed by atoms with Crippen molar-refractivity contribution in [3.8, 4) is 11.5 Å². The quantitative estimate of drug-likeness (QED) is 0.357. The lowest BCUT2D eigenvalue weighted by Gasteiger charge is -2.08. The minimum atomic E-state index is -0.354. The van der Waals surface area contributed by atoms with Crippen LogP contribution in [0.2, 0.25) is 0 Å². The summed E-state index contributed by atoms with van der Waals surface area (Å²) >= 11 is 0. The number of esters is 1. The molecule has 2 rings (SSSR count). The van der Waals surface area contributed by atoms with E-state index in [1.807, 2.05) is 6.07 Å². The van der Waals surface area contributed by atoms with Gasteiger partial charge in [-0.25, -0.2) is 4.79 Å². The minimum absolute atomic E-state index is 0.283. The molecule has 2 aromatic rings. The minimum Gasteiger partial charge on any atom is -0.493 e. The van der Waals surface area contributed by atoms with Crippen LogP contribution in [-0.2, 0) is 9.53 Å². The number of carbonyl (C=O) groups excluding carboxylic acids is 2. The topological polar surface area (TPSA) is 73.9 Å². The maximum Gasteiger partial charge on any atom is 0.338 e. The number of nitrogens with one attached hydrogen (secondary N) is 1. The Morgan fingerprint density at radius 3 is 2.34 bits per heavy atom. The highest BCUT2D eigenvalue weighted by molar-refractivity contribution is 6.02. The summed E-state index contributed by atoms with van der Waals surface area (Å²) in [5.41, 5.74) is 1.86. The third kappa shape index (κ3) is 6.99. The third-order valence-corrected chi connectivity index (χ3v) is 4.20. The van der Waals surface area contributed by atoms with Crippen molar-refractivity contribution in [3.63, 3.8) is 0 Å². The van der Waals surface area contributed by atoms with E-state index in [4.69, 9.17) is 14.2 Å². The van der Waals surface area contributed by atoms with Crippen LogP contribution in [0.4, 0.5) is 5.69 Å². The summed E-state index contributed by atoms with van der Waals surface area (Å²) in [7, 11) is 3.13. The van der Waals surface area contributed by atoms with Crippen molar-refractivity contribution in [3.05, 3.63) is 59.7 Å². The molecule has 6 heteroatoms. The number of hydrogen-bond acceptors (Lipinski definition) is 5. The molecule has 0 aliphatic carbocycles. The summed E-state index contributed by atoms with van der Waals surface area (Å²) in [5, 5.41) is 2.76. The van der Waals surface area contributed by atoms with Crippen LogP contribution in [0.15, 0.2) is 48.5 Å². The van der Waals surface area contributed by atoms with Crippen molar-refractivity contribution in [1.29, 1.82) is 0 Å². The second kappa shape index (κ2) is 11.5. The lowest BCUT2D eigenvalue weighted by atomic mass is 10.2. The Bertz CT molecular complexity index is 843. The fraction of sp³-hybridized carbons (Fsp3) is 0.304. The molecule has 0 bridgehead atoms. The van der Waals surface area contributed by atoms with Crippen LogP contribution >= 0.6 is 0 Å². The Kier molecular flexibility index (Phi) is 8.76.